The highest BCUT2D eigenvalue weighted by Gasteiger charge is 2.24. The summed E-state index contributed by atoms with van der Waals surface area (Å²) in [4.78, 5) is 21.3. The number of anilines is 1. The van der Waals surface area contributed by atoms with Gasteiger partial charge in [-0.2, -0.15) is 0 Å². The van der Waals surface area contributed by atoms with Crippen molar-refractivity contribution in [1.82, 2.24) is 15.2 Å². The first-order valence-electron chi connectivity index (χ1n) is 10.3. The highest BCUT2D eigenvalue weighted by Crippen LogP contribution is 2.26. The highest BCUT2D eigenvalue weighted by atomic mass is 16.2. The number of amides is 2. The first-order chi connectivity index (χ1) is 12.6. The van der Waals surface area contributed by atoms with Crippen molar-refractivity contribution >= 4 is 11.8 Å². The molecule has 0 atom stereocenters. The summed E-state index contributed by atoms with van der Waals surface area (Å²) in [6.45, 7) is 5.06. The van der Waals surface area contributed by atoms with E-state index in [0.717, 1.165) is 43.2 Å². The second-order valence-corrected chi connectivity index (χ2v) is 8.11. The summed E-state index contributed by atoms with van der Waals surface area (Å²) in [6.07, 6.45) is 11.8. The monoisotopic (exact) mass is 358 g/mol. The molecule has 5 heteroatoms. The van der Waals surface area contributed by atoms with Gasteiger partial charge in [-0.1, -0.05) is 25.8 Å². The van der Waals surface area contributed by atoms with Crippen molar-refractivity contribution in [3.05, 3.63) is 23.9 Å². The molecule has 0 spiro atoms. The SMILES string of the molecule is CC1CCC(N(C)C(=O)NCc2ccc(N3CCCCCC3)nc2)CC1. The third-order valence-corrected chi connectivity index (χ3v) is 6.04. The number of urea groups is 1. The molecule has 1 aromatic rings. The Morgan fingerprint density at radius 1 is 1.15 bits per heavy atom. The van der Waals surface area contributed by atoms with Crippen molar-refractivity contribution in [2.75, 3.05) is 25.0 Å². The summed E-state index contributed by atoms with van der Waals surface area (Å²) in [5.41, 5.74) is 1.06. The quantitative estimate of drug-likeness (QED) is 0.878. The van der Waals surface area contributed by atoms with E-state index in [2.05, 4.69) is 34.3 Å². The molecule has 0 aromatic carbocycles. The lowest BCUT2D eigenvalue weighted by Gasteiger charge is -2.33. The fourth-order valence-electron chi connectivity index (χ4n) is 4.11. The lowest BCUT2D eigenvalue weighted by atomic mass is 9.87. The van der Waals surface area contributed by atoms with Crippen LogP contribution < -0.4 is 10.2 Å². The van der Waals surface area contributed by atoms with Crippen LogP contribution >= 0.6 is 0 Å². The molecular weight excluding hydrogens is 324 g/mol. The summed E-state index contributed by atoms with van der Waals surface area (Å²) >= 11 is 0. The Labute approximate surface area is 158 Å². The van der Waals surface area contributed by atoms with E-state index >= 15 is 0 Å². The minimum atomic E-state index is 0.0288. The van der Waals surface area contributed by atoms with Gasteiger partial charge in [-0.3, -0.25) is 0 Å². The third kappa shape index (κ3) is 5.12. The summed E-state index contributed by atoms with van der Waals surface area (Å²) in [5.74, 6) is 1.87. The highest BCUT2D eigenvalue weighted by molar-refractivity contribution is 5.74. The third-order valence-electron chi connectivity index (χ3n) is 6.04. The van der Waals surface area contributed by atoms with Crippen LogP contribution in [0.15, 0.2) is 18.3 Å². The molecule has 1 saturated heterocycles. The van der Waals surface area contributed by atoms with Gasteiger partial charge in [-0.25, -0.2) is 9.78 Å². The van der Waals surface area contributed by atoms with Crippen LogP contribution in [0.3, 0.4) is 0 Å². The molecule has 3 rings (SSSR count). The molecule has 144 valence electrons. The van der Waals surface area contributed by atoms with Crippen molar-refractivity contribution in [3.63, 3.8) is 0 Å². The van der Waals surface area contributed by atoms with Gasteiger partial charge in [0, 0.05) is 38.9 Å². The molecule has 1 aromatic heterocycles. The molecular formula is C21H34N4O. The van der Waals surface area contributed by atoms with Crippen molar-refractivity contribution < 1.29 is 4.79 Å². The van der Waals surface area contributed by atoms with Crippen molar-refractivity contribution in [2.45, 2.75) is 70.9 Å². The smallest absolute Gasteiger partial charge is 0.317 e. The Hall–Kier alpha value is -1.78. The first kappa shape index (κ1) is 19.0. The zero-order valence-electron chi connectivity index (χ0n) is 16.4. The van der Waals surface area contributed by atoms with Crippen LogP contribution in [0.25, 0.3) is 0 Å². The summed E-state index contributed by atoms with van der Waals surface area (Å²) in [7, 11) is 1.93. The molecule has 5 nitrogen and oxygen atoms in total. The number of hydrogen-bond donors (Lipinski definition) is 1. The van der Waals surface area contributed by atoms with E-state index in [1.165, 1.54) is 38.5 Å². The predicted octanol–water partition coefficient (Wildman–Crippen LogP) is 4.18. The minimum Gasteiger partial charge on any atom is -0.357 e. The fourth-order valence-corrected chi connectivity index (χ4v) is 4.11. The van der Waals surface area contributed by atoms with Gasteiger partial charge in [0.1, 0.15) is 5.82 Å². The maximum atomic E-state index is 12.4. The van der Waals surface area contributed by atoms with Crippen LogP contribution in [-0.4, -0.2) is 42.1 Å². The molecule has 1 saturated carbocycles. The summed E-state index contributed by atoms with van der Waals surface area (Å²) in [5, 5.41) is 3.05. The van der Waals surface area contributed by atoms with E-state index < -0.39 is 0 Å². The van der Waals surface area contributed by atoms with Gasteiger partial charge in [-0.15, -0.1) is 0 Å². The van der Waals surface area contributed by atoms with E-state index in [4.69, 9.17) is 0 Å². The largest absolute Gasteiger partial charge is 0.357 e. The summed E-state index contributed by atoms with van der Waals surface area (Å²) < 4.78 is 0. The van der Waals surface area contributed by atoms with Gasteiger partial charge in [-0.05, 0) is 56.1 Å². The van der Waals surface area contributed by atoms with Crippen LogP contribution in [0.4, 0.5) is 10.6 Å². The Kier molecular flexibility index (Phi) is 6.75. The Balaban J connectivity index is 1.47. The standard InChI is InChI=1S/C21H34N4O/c1-17-7-10-19(11-8-17)24(2)21(26)23-16-18-9-12-20(22-15-18)25-13-5-3-4-6-14-25/h9,12,15,17,19H,3-8,10-11,13-14,16H2,1-2H3,(H,23,26). The average Bonchev–Trinajstić information content (AvgIpc) is 2.96. The van der Waals surface area contributed by atoms with E-state index in [9.17, 15) is 4.79 Å². The zero-order valence-corrected chi connectivity index (χ0v) is 16.4. The van der Waals surface area contributed by atoms with Gasteiger partial charge >= 0.3 is 6.03 Å². The van der Waals surface area contributed by atoms with E-state index in [1.54, 1.807) is 0 Å². The van der Waals surface area contributed by atoms with Gasteiger partial charge in [0.15, 0.2) is 0 Å². The van der Waals surface area contributed by atoms with Crippen LogP contribution in [0, 0.1) is 5.92 Å². The van der Waals surface area contributed by atoms with Crippen molar-refractivity contribution in [2.24, 2.45) is 5.92 Å². The molecule has 1 N–H and O–H groups in total. The minimum absolute atomic E-state index is 0.0288. The number of hydrogen-bond acceptors (Lipinski definition) is 3. The number of nitrogens with zero attached hydrogens (tertiary/aromatic N) is 3. The Bertz CT molecular complexity index is 558. The molecule has 26 heavy (non-hydrogen) atoms. The Morgan fingerprint density at radius 2 is 1.85 bits per heavy atom. The van der Waals surface area contributed by atoms with Gasteiger partial charge in [0.05, 0.1) is 0 Å². The Morgan fingerprint density at radius 3 is 2.46 bits per heavy atom. The lowest BCUT2D eigenvalue weighted by molar-refractivity contribution is 0.163. The maximum Gasteiger partial charge on any atom is 0.317 e. The van der Waals surface area contributed by atoms with E-state index in [1.807, 2.05) is 18.1 Å². The second kappa shape index (κ2) is 9.24. The molecule has 2 aliphatic rings. The molecule has 1 aliphatic heterocycles. The topological polar surface area (TPSA) is 48.5 Å². The number of carbonyl (C=O) groups is 1. The number of nitrogens with one attached hydrogen (secondary N) is 1. The molecule has 2 fully saturated rings. The summed E-state index contributed by atoms with van der Waals surface area (Å²) in [6, 6.07) is 4.60. The molecule has 0 unspecified atom stereocenters. The van der Waals surface area contributed by atoms with Crippen LogP contribution in [0.2, 0.25) is 0 Å². The second-order valence-electron chi connectivity index (χ2n) is 8.11. The molecule has 2 heterocycles. The number of rotatable bonds is 4. The van der Waals surface area contributed by atoms with Crippen LogP contribution in [0.5, 0.6) is 0 Å². The number of carbonyl (C=O) groups excluding carboxylic acids is 1. The molecule has 0 radical (unpaired) electrons. The first-order valence-corrected chi connectivity index (χ1v) is 10.3. The van der Waals surface area contributed by atoms with E-state index in [-0.39, 0.29) is 6.03 Å². The maximum absolute atomic E-state index is 12.4. The normalized spacial score (nSPS) is 24.0. The molecule has 1 aliphatic carbocycles. The van der Waals surface area contributed by atoms with E-state index in [0.29, 0.717) is 12.6 Å². The predicted molar refractivity (Wildman–Crippen MR) is 106 cm³/mol. The van der Waals surface area contributed by atoms with Gasteiger partial charge < -0.3 is 15.1 Å². The van der Waals surface area contributed by atoms with Crippen molar-refractivity contribution in [1.29, 1.82) is 0 Å². The fraction of sp³-hybridized carbons (Fsp3) is 0.714. The average molecular weight is 359 g/mol. The van der Waals surface area contributed by atoms with Crippen molar-refractivity contribution in [3.8, 4) is 0 Å². The van der Waals surface area contributed by atoms with Crippen LogP contribution in [0.1, 0.15) is 63.9 Å². The van der Waals surface area contributed by atoms with Gasteiger partial charge in [0.2, 0.25) is 0 Å². The lowest BCUT2D eigenvalue weighted by Crippen LogP contribution is -2.44. The van der Waals surface area contributed by atoms with Gasteiger partial charge in [0.25, 0.3) is 0 Å². The zero-order chi connectivity index (χ0) is 18.4. The number of pyridine rings is 1. The van der Waals surface area contributed by atoms with Crippen LogP contribution in [-0.2, 0) is 6.54 Å². The number of aromatic nitrogens is 1. The molecule has 2 amide bonds. The molecule has 0 bridgehead atoms.